The van der Waals surface area contributed by atoms with Crippen LogP contribution in [-0.2, 0) is 13.6 Å². The standard InChI is InChI=1S/C13H16FN5O2/c1-17(2)13-16-8-10(18(13)3)7-15-12-6-9(19(20)21)4-5-11(12)14/h4-6,8,15H,7H2,1-3H3. The van der Waals surface area contributed by atoms with Gasteiger partial charge < -0.3 is 14.8 Å². The monoisotopic (exact) mass is 293 g/mol. The molecule has 1 aromatic heterocycles. The highest BCUT2D eigenvalue weighted by Gasteiger charge is 2.12. The third-order valence-electron chi connectivity index (χ3n) is 3.08. The van der Waals surface area contributed by atoms with Crippen LogP contribution in [0.25, 0.3) is 0 Å². The molecule has 2 rings (SSSR count). The molecule has 0 spiro atoms. The molecule has 0 aliphatic heterocycles. The van der Waals surface area contributed by atoms with Crippen molar-refractivity contribution in [2.24, 2.45) is 7.05 Å². The van der Waals surface area contributed by atoms with E-state index in [4.69, 9.17) is 0 Å². The van der Waals surface area contributed by atoms with Crippen molar-refractivity contribution in [2.45, 2.75) is 6.54 Å². The average molecular weight is 293 g/mol. The Balaban J connectivity index is 2.16. The number of anilines is 2. The topological polar surface area (TPSA) is 76.2 Å². The van der Waals surface area contributed by atoms with E-state index in [-0.39, 0.29) is 11.4 Å². The molecule has 1 N–H and O–H groups in total. The van der Waals surface area contributed by atoms with E-state index in [9.17, 15) is 14.5 Å². The highest BCUT2D eigenvalue weighted by molar-refractivity contribution is 5.52. The first kappa shape index (κ1) is 14.8. The fourth-order valence-corrected chi connectivity index (χ4v) is 1.96. The van der Waals surface area contributed by atoms with Crippen LogP contribution >= 0.6 is 0 Å². The SMILES string of the molecule is CN(C)c1ncc(CNc2cc([N+](=O)[O-])ccc2F)n1C. The van der Waals surface area contributed by atoms with Crippen LogP contribution in [0.5, 0.6) is 0 Å². The molecule has 8 heteroatoms. The van der Waals surface area contributed by atoms with Gasteiger partial charge in [-0.15, -0.1) is 0 Å². The van der Waals surface area contributed by atoms with E-state index in [0.29, 0.717) is 6.54 Å². The zero-order chi connectivity index (χ0) is 15.6. The first-order chi connectivity index (χ1) is 9.90. The van der Waals surface area contributed by atoms with E-state index < -0.39 is 10.7 Å². The molecule has 0 unspecified atom stereocenters. The van der Waals surface area contributed by atoms with Crippen LogP contribution in [0.3, 0.4) is 0 Å². The van der Waals surface area contributed by atoms with Crippen molar-refractivity contribution in [3.05, 3.63) is 46.0 Å². The van der Waals surface area contributed by atoms with Gasteiger partial charge in [-0.1, -0.05) is 0 Å². The number of hydrogen-bond acceptors (Lipinski definition) is 5. The Morgan fingerprint density at radius 1 is 1.48 bits per heavy atom. The molecule has 0 atom stereocenters. The summed E-state index contributed by atoms with van der Waals surface area (Å²) in [5, 5.41) is 13.6. The number of hydrogen-bond donors (Lipinski definition) is 1. The minimum absolute atomic E-state index is 0.0943. The summed E-state index contributed by atoms with van der Waals surface area (Å²) in [5.74, 6) is 0.238. The predicted octanol–water partition coefficient (Wildman–Crippen LogP) is 2.15. The molecule has 2 aromatic rings. The highest BCUT2D eigenvalue weighted by atomic mass is 19.1. The molecule has 21 heavy (non-hydrogen) atoms. The molecule has 0 bridgehead atoms. The summed E-state index contributed by atoms with van der Waals surface area (Å²) in [4.78, 5) is 16.3. The minimum Gasteiger partial charge on any atom is -0.377 e. The van der Waals surface area contributed by atoms with Crippen molar-refractivity contribution < 1.29 is 9.31 Å². The van der Waals surface area contributed by atoms with Gasteiger partial charge in [-0.05, 0) is 6.07 Å². The van der Waals surface area contributed by atoms with Crippen LogP contribution in [0, 0.1) is 15.9 Å². The van der Waals surface area contributed by atoms with Crippen molar-refractivity contribution >= 4 is 17.3 Å². The summed E-state index contributed by atoms with van der Waals surface area (Å²) in [7, 11) is 5.60. The lowest BCUT2D eigenvalue weighted by atomic mass is 10.2. The Labute approximate surface area is 121 Å². The second-order valence-corrected chi connectivity index (χ2v) is 4.78. The zero-order valence-electron chi connectivity index (χ0n) is 12.0. The first-order valence-electron chi connectivity index (χ1n) is 6.26. The molecule has 0 aliphatic rings. The van der Waals surface area contributed by atoms with Gasteiger partial charge in [0.2, 0.25) is 5.95 Å². The molecule has 0 saturated heterocycles. The molecule has 0 saturated carbocycles. The summed E-state index contributed by atoms with van der Waals surface area (Å²) >= 11 is 0. The number of non-ortho nitro benzene ring substituents is 1. The lowest BCUT2D eigenvalue weighted by molar-refractivity contribution is -0.384. The zero-order valence-corrected chi connectivity index (χ0v) is 12.0. The number of imidazole rings is 1. The quantitative estimate of drug-likeness (QED) is 0.675. The van der Waals surface area contributed by atoms with Gasteiger partial charge in [0.05, 0.1) is 29.0 Å². The Kier molecular flexibility index (Phi) is 4.06. The Bertz CT molecular complexity index is 669. The van der Waals surface area contributed by atoms with Crippen molar-refractivity contribution in [2.75, 3.05) is 24.3 Å². The summed E-state index contributed by atoms with van der Waals surface area (Å²) in [6.45, 7) is 0.315. The predicted molar refractivity (Wildman–Crippen MR) is 77.9 cm³/mol. The third-order valence-corrected chi connectivity index (χ3v) is 3.08. The van der Waals surface area contributed by atoms with Gasteiger partial charge in [-0.3, -0.25) is 10.1 Å². The number of benzene rings is 1. The maximum atomic E-state index is 13.7. The van der Waals surface area contributed by atoms with E-state index in [0.717, 1.165) is 23.8 Å². The summed E-state index contributed by atoms with van der Waals surface area (Å²) < 4.78 is 15.5. The largest absolute Gasteiger partial charge is 0.377 e. The number of nitrogens with one attached hydrogen (secondary N) is 1. The van der Waals surface area contributed by atoms with Gasteiger partial charge in [-0.25, -0.2) is 9.37 Å². The molecule has 7 nitrogen and oxygen atoms in total. The van der Waals surface area contributed by atoms with Crippen molar-refractivity contribution in [3.8, 4) is 0 Å². The average Bonchev–Trinajstić information content (AvgIpc) is 2.79. The maximum Gasteiger partial charge on any atom is 0.271 e. The fourth-order valence-electron chi connectivity index (χ4n) is 1.96. The summed E-state index contributed by atoms with van der Waals surface area (Å²) in [6, 6.07) is 3.39. The number of nitrogens with zero attached hydrogens (tertiary/aromatic N) is 4. The lowest BCUT2D eigenvalue weighted by Gasteiger charge is -2.13. The third kappa shape index (κ3) is 3.10. The van der Waals surface area contributed by atoms with Crippen molar-refractivity contribution in [1.29, 1.82) is 0 Å². The van der Waals surface area contributed by atoms with Crippen LogP contribution in [0.1, 0.15) is 5.69 Å². The van der Waals surface area contributed by atoms with Crippen LogP contribution in [-0.4, -0.2) is 28.6 Å². The molecule has 0 aliphatic carbocycles. The first-order valence-corrected chi connectivity index (χ1v) is 6.26. The molecule has 112 valence electrons. The summed E-state index contributed by atoms with van der Waals surface area (Å²) in [5.41, 5.74) is 0.777. The van der Waals surface area contributed by atoms with E-state index in [1.807, 2.05) is 30.6 Å². The Hall–Kier alpha value is -2.64. The number of nitro benzene ring substituents is 1. The Morgan fingerprint density at radius 2 is 2.19 bits per heavy atom. The van der Waals surface area contributed by atoms with E-state index in [2.05, 4.69) is 10.3 Å². The second-order valence-electron chi connectivity index (χ2n) is 4.78. The van der Waals surface area contributed by atoms with Crippen molar-refractivity contribution in [1.82, 2.24) is 9.55 Å². The van der Waals surface area contributed by atoms with Gasteiger partial charge in [0, 0.05) is 33.3 Å². The lowest BCUT2D eigenvalue weighted by Crippen LogP contribution is -2.15. The summed E-state index contributed by atoms with van der Waals surface area (Å²) in [6.07, 6.45) is 1.68. The molecular formula is C13H16FN5O2. The molecule has 0 fully saturated rings. The molecular weight excluding hydrogens is 277 g/mol. The van der Waals surface area contributed by atoms with Gasteiger partial charge in [0.15, 0.2) is 0 Å². The number of rotatable bonds is 5. The maximum absolute atomic E-state index is 13.7. The van der Waals surface area contributed by atoms with Crippen LogP contribution in [0.2, 0.25) is 0 Å². The number of halogens is 1. The minimum atomic E-state index is -0.557. The van der Waals surface area contributed by atoms with Gasteiger partial charge >= 0.3 is 0 Å². The van der Waals surface area contributed by atoms with Gasteiger partial charge in [0.25, 0.3) is 5.69 Å². The fraction of sp³-hybridized carbons (Fsp3) is 0.308. The van der Waals surface area contributed by atoms with E-state index in [1.165, 1.54) is 6.07 Å². The van der Waals surface area contributed by atoms with Crippen molar-refractivity contribution in [3.63, 3.8) is 0 Å². The second kappa shape index (κ2) is 5.78. The molecule has 0 amide bonds. The molecule has 1 heterocycles. The van der Waals surface area contributed by atoms with Crippen LogP contribution in [0.4, 0.5) is 21.7 Å². The van der Waals surface area contributed by atoms with E-state index in [1.54, 1.807) is 6.20 Å². The number of nitro groups is 1. The number of aromatic nitrogens is 2. The van der Waals surface area contributed by atoms with Gasteiger partial charge in [0.1, 0.15) is 5.82 Å². The van der Waals surface area contributed by atoms with Gasteiger partial charge in [-0.2, -0.15) is 0 Å². The Morgan fingerprint density at radius 3 is 2.76 bits per heavy atom. The molecule has 1 aromatic carbocycles. The van der Waals surface area contributed by atoms with Crippen LogP contribution in [0.15, 0.2) is 24.4 Å². The smallest absolute Gasteiger partial charge is 0.271 e. The molecule has 0 radical (unpaired) electrons. The normalized spacial score (nSPS) is 10.5. The highest BCUT2D eigenvalue weighted by Crippen LogP contribution is 2.22. The van der Waals surface area contributed by atoms with E-state index >= 15 is 0 Å². The van der Waals surface area contributed by atoms with Crippen LogP contribution < -0.4 is 10.2 Å².